The van der Waals surface area contributed by atoms with Crippen LogP contribution in [0.3, 0.4) is 0 Å². The van der Waals surface area contributed by atoms with Gasteiger partial charge >= 0.3 is 6.03 Å². The number of allylic oxidation sites excluding steroid dienone is 1. The SMILES string of the molecule is C=C(C)c1ccccc1Oc1ccc(-n2ncc(C(=O)c3cc4cc(C)c(N5C(=O)N[C@@H](C)C5=O)cc4[nH]3)c2N)c(C)c1. The normalized spacial score (nSPS) is 14.8. The van der Waals surface area contributed by atoms with E-state index >= 15 is 0 Å². The van der Waals surface area contributed by atoms with E-state index in [0.29, 0.717) is 34.1 Å². The maximum Gasteiger partial charge on any atom is 0.329 e. The average Bonchev–Trinajstić information content (AvgIpc) is 3.62. The van der Waals surface area contributed by atoms with E-state index in [1.54, 1.807) is 19.1 Å². The summed E-state index contributed by atoms with van der Waals surface area (Å²) in [6.07, 6.45) is 1.45. The van der Waals surface area contributed by atoms with Crippen molar-refractivity contribution < 1.29 is 19.1 Å². The Morgan fingerprint density at radius 2 is 1.74 bits per heavy atom. The Balaban J connectivity index is 1.28. The van der Waals surface area contributed by atoms with Crippen molar-refractivity contribution in [1.82, 2.24) is 20.1 Å². The van der Waals surface area contributed by atoms with E-state index in [1.807, 2.05) is 69.3 Å². The molecule has 0 radical (unpaired) electrons. The lowest BCUT2D eigenvalue weighted by Gasteiger charge is -2.15. The number of anilines is 2. The third-order valence-corrected chi connectivity index (χ3v) is 7.58. The zero-order valence-corrected chi connectivity index (χ0v) is 24.2. The highest BCUT2D eigenvalue weighted by molar-refractivity contribution is 6.22. The Morgan fingerprint density at radius 1 is 1.00 bits per heavy atom. The van der Waals surface area contributed by atoms with Gasteiger partial charge in [0.05, 0.1) is 28.8 Å². The van der Waals surface area contributed by atoms with E-state index in [1.165, 1.54) is 10.9 Å². The number of imide groups is 1. The molecule has 3 heterocycles. The Morgan fingerprint density at radius 3 is 2.44 bits per heavy atom. The summed E-state index contributed by atoms with van der Waals surface area (Å²) in [6, 6.07) is 17.4. The number of carbonyl (C=O) groups excluding carboxylic acids is 3. The lowest BCUT2D eigenvalue weighted by atomic mass is 10.1. The van der Waals surface area contributed by atoms with Crippen LogP contribution in [-0.4, -0.2) is 38.5 Å². The lowest BCUT2D eigenvalue weighted by molar-refractivity contribution is -0.117. The standard InChI is InChI=1S/C33H30N6O4/c1-17(2)23-8-6-7-9-29(23)43-22-10-11-27(19(4)13-22)39-31(34)24(16-35-39)30(40)26-14-21-12-18(3)28(15-25(21)37-26)38-32(41)20(5)36-33(38)42/h6-16,20,37H,1,34H2,2-5H3,(H,36,42)/t20-/m0/s1. The number of aromatic nitrogens is 3. The summed E-state index contributed by atoms with van der Waals surface area (Å²) in [5, 5.41) is 7.80. The van der Waals surface area contributed by atoms with Crippen molar-refractivity contribution in [2.75, 3.05) is 10.6 Å². The second kappa shape index (κ2) is 10.3. The molecule has 1 fully saturated rings. The van der Waals surface area contributed by atoms with E-state index in [2.05, 4.69) is 22.0 Å². The zero-order valence-electron chi connectivity index (χ0n) is 24.2. The molecule has 3 aromatic carbocycles. The molecule has 0 bridgehead atoms. The molecule has 43 heavy (non-hydrogen) atoms. The number of ether oxygens (including phenoxy) is 1. The number of rotatable bonds is 7. The van der Waals surface area contributed by atoms with E-state index in [-0.39, 0.29) is 23.1 Å². The summed E-state index contributed by atoms with van der Waals surface area (Å²) in [4.78, 5) is 42.8. The first-order chi connectivity index (χ1) is 20.5. The summed E-state index contributed by atoms with van der Waals surface area (Å²) >= 11 is 0. The number of H-pyrrole nitrogens is 1. The van der Waals surface area contributed by atoms with Gasteiger partial charge in [0.25, 0.3) is 5.91 Å². The number of aryl methyl sites for hydroxylation is 2. The molecule has 3 amide bonds. The van der Waals surface area contributed by atoms with E-state index in [4.69, 9.17) is 10.5 Å². The van der Waals surface area contributed by atoms with Crippen LogP contribution in [0.15, 0.2) is 73.4 Å². The first-order valence-electron chi connectivity index (χ1n) is 13.7. The predicted octanol–water partition coefficient (Wildman–Crippen LogP) is 6.05. The van der Waals surface area contributed by atoms with Gasteiger partial charge in [-0.15, -0.1) is 0 Å². The molecule has 0 saturated carbocycles. The molecular formula is C33H30N6O4. The summed E-state index contributed by atoms with van der Waals surface area (Å²) in [6.45, 7) is 11.3. The third kappa shape index (κ3) is 4.72. The van der Waals surface area contributed by atoms with Crippen LogP contribution in [0.2, 0.25) is 0 Å². The minimum Gasteiger partial charge on any atom is -0.457 e. The molecular weight excluding hydrogens is 544 g/mol. The highest BCUT2D eigenvalue weighted by Crippen LogP contribution is 2.33. The van der Waals surface area contributed by atoms with Crippen LogP contribution < -0.4 is 20.7 Å². The maximum absolute atomic E-state index is 13.6. The molecule has 0 spiro atoms. The van der Waals surface area contributed by atoms with Crippen molar-refractivity contribution >= 4 is 45.7 Å². The molecule has 4 N–H and O–H groups in total. The molecule has 1 aliphatic heterocycles. The fourth-order valence-electron chi connectivity index (χ4n) is 5.31. The largest absolute Gasteiger partial charge is 0.457 e. The summed E-state index contributed by atoms with van der Waals surface area (Å²) in [5.41, 5.74) is 12.2. The number of urea groups is 1. The molecule has 0 unspecified atom stereocenters. The number of nitrogens with one attached hydrogen (secondary N) is 2. The number of benzene rings is 3. The number of para-hydroxylation sites is 1. The summed E-state index contributed by atoms with van der Waals surface area (Å²) < 4.78 is 7.67. The molecule has 216 valence electrons. The number of fused-ring (bicyclic) bond motifs is 1. The van der Waals surface area contributed by atoms with Crippen LogP contribution in [0.4, 0.5) is 16.3 Å². The van der Waals surface area contributed by atoms with Gasteiger partial charge in [-0.1, -0.05) is 24.8 Å². The van der Waals surface area contributed by atoms with E-state index < -0.39 is 12.1 Å². The monoisotopic (exact) mass is 574 g/mol. The van der Waals surface area contributed by atoms with Crippen molar-refractivity contribution in [3.63, 3.8) is 0 Å². The van der Waals surface area contributed by atoms with Gasteiger partial charge in [0, 0.05) is 16.5 Å². The topological polar surface area (TPSA) is 135 Å². The first-order valence-corrected chi connectivity index (χ1v) is 13.7. The quantitative estimate of drug-likeness (QED) is 0.160. The summed E-state index contributed by atoms with van der Waals surface area (Å²) in [5.74, 6) is 0.878. The van der Waals surface area contributed by atoms with Gasteiger partial charge in [-0.3, -0.25) is 9.59 Å². The minimum absolute atomic E-state index is 0.193. The number of nitrogen functional groups attached to an aromatic ring is 1. The molecule has 6 rings (SSSR count). The molecule has 1 aliphatic rings. The second-order valence-corrected chi connectivity index (χ2v) is 10.8. The minimum atomic E-state index is -0.603. The fraction of sp³-hybridized carbons (Fsp3) is 0.152. The van der Waals surface area contributed by atoms with Crippen LogP contribution in [0.25, 0.3) is 22.2 Å². The zero-order chi connectivity index (χ0) is 30.6. The lowest BCUT2D eigenvalue weighted by Crippen LogP contribution is -2.31. The van der Waals surface area contributed by atoms with Crippen LogP contribution in [0.5, 0.6) is 11.5 Å². The molecule has 1 saturated heterocycles. The van der Waals surface area contributed by atoms with Gasteiger partial charge < -0.3 is 20.8 Å². The Bertz CT molecular complexity index is 1980. The van der Waals surface area contributed by atoms with Crippen LogP contribution >= 0.6 is 0 Å². The predicted molar refractivity (Wildman–Crippen MR) is 166 cm³/mol. The molecule has 10 heteroatoms. The van der Waals surface area contributed by atoms with Crippen LogP contribution in [0.1, 0.15) is 46.6 Å². The highest BCUT2D eigenvalue weighted by atomic mass is 16.5. The fourth-order valence-corrected chi connectivity index (χ4v) is 5.31. The summed E-state index contributed by atoms with van der Waals surface area (Å²) in [7, 11) is 0. The van der Waals surface area contributed by atoms with Crippen molar-refractivity contribution in [2.24, 2.45) is 0 Å². The first kappa shape index (κ1) is 27.5. The second-order valence-electron chi connectivity index (χ2n) is 10.8. The Hall–Kier alpha value is -5.64. The number of aromatic amines is 1. The third-order valence-electron chi connectivity index (χ3n) is 7.58. The average molecular weight is 575 g/mol. The molecule has 2 aromatic heterocycles. The van der Waals surface area contributed by atoms with Gasteiger partial charge in [-0.05, 0) is 86.9 Å². The van der Waals surface area contributed by atoms with E-state index in [9.17, 15) is 14.4 Å². The molecule has 5 aromatic rings. The van der Waals surface area contributed by atoms with Gasteiger partial charge in [0.15, 0.2) is 0 Å². The maximum atomic E-state index is 13.6. The molecule has 1 atom stereocenters. The number of nitrogens with zero attached hydrogens (tertiary/aromatic N) is 3. The van der Waals surface area contributed by atoms with Gasteiger partial charge in [-0.2, -0.15) is 5.10 Å². The molecule has 0 aliphatic carbocycles. The van der Waals surface area contributed by atoms with Gasteiger partial charge in [0.2, 0.25) is 5.78 Å². The Labute approximate surface area is 247 Å². The number of hydrogen-bond acceptors (Lipinski definition) is 6. The van der Waals surface area contributed by atoms with Crippen molar-refractivity contribution in [3.8, 4) is 17.2 Å². The number of amides is 3. The van der Waals surface area contributed by atoms with Crippen molar-refractivity contribution in [2.45, 2.75) is 33.7 Å². The number of carbonyl (C=O) groups is 3. The number of hydrogen-bond donors (Lipinski definition) is 3. The Kier molecular flexibility index (Phi) is 6.61. The van der Waals surface area contributed by atoms with Crippen molar-refractivity contribution in [1.29, 1.82) is 0 Å². The van der Waals surface area contributed by atoms with Gasteiger partial charge in [-0.25, -0.2) is 14.4 Å². The van der Waals surface area contributed by atoms with Crippen LogP contribution in [-0.2, 0) is 4.79 Å². The van der Waals surface area contributed by atoms with Crippen LogP contribution in [0, 0.1) is 13.8 Å². The highest BCUT2D eigenvalue weighted by Gasteiger charge is 2.37. The number of nitrogens with two attached hydrogens (primary N) is 1. The molecule has 10 nitrogen and oxygen atoms in total. The number of ketones is 1. The smallest absolute Gasteiger partial charge is 0.329 e. The van der Waals surface area contributed by atoms with E-state index in [0.717, 1.165) is 32.5 Å². The van der Waals surface area contributed by atoms with Crippen molar-refractivity contribution in [3.05, 3.63) is 101 Å². The van der Waals surface area contributed by atoms with Gasteiger partial charge in [0.1, 0.15) is 23.4 Å².